The first kappa shape index (κ1) is 20.2. The van der Waals surface area contributed by atoms with Crippen LogP contribution in [-0.2, 0) is 16.3 Å². The highest BCUT2D eigenvalue weighted by Gasteiger charge is 2.17. The summed E-state index contributed by atoms with van der Waals surface area (Å²) in [7, 11) is -3.41. The fourth-order valence-corrected chi connectivity index (χ4v) is 4.72. The van der Waals surface area contributed by atoms with Crippen molar-refractivity contribution in [1.82, 2.24) is 10.2 Å². The van der Waals surface area contributed by atoms with Gasteiger partial charge in [0.1, 0.15) is 5.01 Å². The lowest BCUT2D eigenvalue weighted by molar-refractivity contribution is 0.102. The number of nitrogens with zero attached hydrogens (tertiary/aromatic N) is 2. The highest BCUT2D eigenvalue weighted by molar-refractivity contribution is 7.91. The Balaban J connectivity index is 1.63. The van der Waals surface area contributed by atoms with Gasteiger partial charge in [0.15, 0.2) is 9.84 Å². The van der Waals surface area contributed by atoms with Crippen molar-refractivity contribution in [1.29, 1.82) is 0 Å². The van der Waals surface area contributed by atoms with Crippen molar-refractivity contribution in [3.8, 4) is 0 Å². The summed E-state index contributed by atoms with van der Waals surface area (Å²) in [5.41, 5.74) is 3.59. The van der Waals surface area contributed by atoms with E-state index in [1.807, 2.05) is 39.0 Å². The van der Waals surface area contributed by atoms with Gasteiger partial charge in [-0.05, 0) is 56.2 Å². The van der Waals surface area contributed by atoms with Crippen LogP contribution < -0.4 is 5.32 Å². The van der Waals surface area contributed by atoms with Gasteiger partial charge < -0.3 is 0 Å². The van der Waals surface area contributed by atoms with Crippen LogP contribution in [0.5, 0.6) is 0 Å². The fourth-order valence-electron chi connectivity index (χ4n) is 2.53. The summed E-state index contributed by atoms with van der Waals surface area (Å²) >= 11 is 1.18. The maximum absolute atomic E-state index is 12.6. The predicted molar refractivity (Wildman–Crippen MR) is 111 cm³/mol. The third-order valence-electron chi connectivity index (χ3n) is 4.42. The van der Waals surface area contributed by atoms with Crippen molar-refractivity contribution in [2.75, 3.05) is 11.1 Å². The molecule has 0 saturated heterocycles. The van der Waals surface area contributed by atoms with E-state index >= 15 is 0 Å². The molecule has 0 aliphatic carbocycles. The first-order chi connectivity index (χ1) is 13.2. The second kappa shape index (κ2) is 8.20. The molecule has 0 radical (unpaired) electrons. The molecule has 1 amide bonds. The Morgan fingerprint density at radius 1 is 1.00 bits per heavy atom. The molecule has 0 fully saturated rings. The van der Waals surface area contributed by atoms with E-state index in [0.29, 0.717) is 20.6 Å². The van der Waals surface area contributed by atoms with Crippen LogP contribution in [0.4, 0.5) is 5.13 Å². The number of carbonyl (C=O) groups excluding carboxylic acids is 1. The van der Waals surface area contributed by atoms with E-state index in [1.165, 1.54) is 11.3 Å². The minimum Gasteiger partial charge on any atom is -0.296 e. The van der Waals surface area contributed by atoms with Crippen LogP contribution in [-0.4, -0.2) is 30.3 Å². The monoisotopic (exact) mass is 415 g/mol. The second-order valence-corrected chi connectivity index (χ2v) is 9.81. The Bertz CT molecular complexity index is 1100. The summed E-state index contributed by atoms with van der Waals surface area (Å²) in [5, 5.41) is 11.5. The lowest BCUT2D eigenvalue weighted by Gasteiger charge is -2.06. The molecule has 8 heteroatoms. The molecule has 3 aromatic rings. The first-order valence-corrected chi connectivity index (χ1v) is 11.2. The van der Waals surface area contributed by atoms with Crippen LogP contribution in [0.1, 0.15) is 32.1 Å². The standard InChI is InChI=1S/C20H21N3O3S2/c1-13-4-7-16(8-5-13)19(24)21-20-23-22-18(27-20)10-11-28(25,26)17-9-6-14(2)15(3)12-17/h4-9,12H,10-11H2,1-3H3,(H,21,23,24). The molecule has 3 rings (SSSR count). The maximum atomic E-state index is 12.6. The zero-order valence-corrected chi connectivity index (χ0v) is 17.5. The average Bonchev–Trinajstić information content (AvgIpc) is 3.10. The molecule has 0 aliphatic rings. The van der Waals surface area contributed by atoms with Gasteiger partial charge in [-0.3, -0.25) is 10.1 Å². The fraction of sp³-hybridized carbons (Fsp3) is 0.250. The topological polar surface area (TPSA) is 89.0 Å². The van der Waals surface area contributed by atoms with Gasteiger partial charge in [-0.2, -0.15) is 0 Å². The summed E-state index contributed by atoms with van der Waals surface area (Å²) in [4.78, 5) is 12.5. The van der Waals surface area contributed by atoms with E-state index in [2.05, 4.69) is 15.5 Å². The van der Waals surface area contributed by atoms with Crippen molar-refractivity contribution in [2.24, 2.45) is 0 Å². The molecule has 0 atom stereocenters. The third-order valence-corrected chi connectivity index (χ3v) is 7.04. The Kier molecular flexibility index (Phi) is 5.90. The maximum Gasteiger partial charge on any atom is 0.257 e. The van der Waals surface area contributed by atoms with E-state index in [9.17, 15) is 13.2 Å². The van der Waals surface area contributed by atoms with E-state index < -0.39 is 9.84 Å². The van der Waals surface area contributed by atoms with Gasteiger partial charge in [0, 0.05) is 12.0 Å². The molecule has 0 bridgehead atoms. The number of anilines is 1. The van der Waals surface area contributed by atoms with Gasteiger partial charge in [-0.1, -0.05) is 35.1 Å². The average molecular weight is 416 g/mol. The second-order valence-electron chi connectivity index (χ2n) is 6.64. The number of hydrogen-bond acceptors (Lipinski definition) is 6. The molecule has 0 aliphatic heterocycles. The van der Waals surface area contributed by atoms with Gasteiger partial charge in [0.2, 0.25) is 5.13 Å². The SMILES string of the molecule is Cc1ccc(C(=O)Nc2nnc(CCS(=O)(=O)c3ccc(C)c(C)c3)s2)cc1. The van der Waals surface area contributed by atoms with Gasteiger partial charge in [-0.15, -0.1) is 10.2 Å². The third kappa shape index (κ3) is 4.82. The zero-order chi connectivity index (χ0) is 20.3. The predicted octanol–water partition coefficient (Wildman–Crippen LogP) is 3.73. The summed E-state index contributed by atoms with van der Waals surface area (Å²) in [6, 6.07) is 12.3. The Hall–Kier alpha value is -2.58. The molecule has 0 spiro atoms. The van der Waals surface area contributed by atoms with Crippen LogP contribution >= 0.6 is 11.3 Å². The van der Waals surface area contributed by atoms with Crippen molar-refractivity contribution >= 4 is 32.2 Å². The molecule has 1 heterocycles. The number of amides is 1. The van der Waals surface area contributed by atoms with E-state index in [1.54, 1.807) is 24.3 Å². The van der Waals surface area contributed by atoms with Crippen LogP contribution in [0.15, 0.2) is 47.4 Å². The number of aromatic nitrogens is 2. The molecule has 6 nitrogen and oxygen atoms in total. The minimum absolute atomic E-state index is 0.0595. The molecular formula is C20H21N3O3S2. The quantitative estimate of drug-likeness (QED) is 0.663. The molecule has 146 valence electrons. The number of hydrogen-bond donors (Lipinski definition) is 1. The lowest BCUT2D eigenvalue weighted by Crippen LogP contribution is -2.11. The number of sulfone groups is 1. The van der Waals surface area contributed by atoms with Crippen molar-refractivity contribution in [2.45, 2.75) is 32.1 Å². The van der Waals surface area contributed by atoms with Crippen molar-refractivity contribution in [3.63, 3.8) is 0 Å². The summed E-state index contributed by atoms with van der Waals surface area (Å²) in [6.45, 7) is 5.78. The van der Waals surface area contributed by atoms with E-state index in [4.69, 9.17) is 0 Å². The number of rotatable bonds is 6. The highest BCUT2D eigenvalue weighted by Crippen LogP contribution is 2.20. The largest absolute Gasteiger partial charge is 0.296 e. The highest BCUT2D eigenvalue weighted by atomic mass is 32.2. The smallest absolute Gasteiger partial charge is 0.257 e. The van der Waals surface area contributed by atoms with E-state index in [0.717, 1.165) is 16.7 Å². The summed E-state index contributed by atoms with van der Waals surface area (Å²) < 4.78 is 25.1. The van der Waals surface area contributed by atoms with Crippen LogP contribution in [0.3, 0.4) is 0 Å². The number of aryl methyl sites for hydroxylation is 4. The number of benzene rings is 2. The van der Waals surface area contributed by atoms with Crippen LogP contribution in [0.25, 0.3) is 0 Å². The van der Waals surface area contributed by atoms with Crippen LogP contribution in [0.2, 0.25) is 0 Å². The van der Waals surface area contributed by atoms with Gasteiger partial charge in [0.05, 0.1) is 10.6 Å². The normalized spacial score (nSPS) is 11.4. The zero-order valence-electron chi connectivity index (χ0n) is 15.9. The molecule has 28 heavy (non-hydrogen) atoms. The molecule has 1 N–H and O–H groups in total. The van der Waals surface area contributed by atoms with Crippen molar-refractivity contribution in [3.05, 3.63) is 69.7 Å². The number of carbonyl (C=O) groups is 1. The lowest BCUT2D eigenvalue weighted by atomic mass is 10.1. The molecule has 2 aromatic carbocycles. The molecule has 0 unspecified atom stereocenters. The first-order valence-electron chi connectivity index (χ1n) is 8.75. The Labute approximate surface area is 168 Å². The molecular weight excluding hydrogens is 394 g/mol. The Morgan fingerprint density at radius 3 is 2.39 bits per heavy atom. The molecule has 1 aromatic heterocycles. The van der Waals surface area contributed by atoms with Gasteiger partial charge >= 0.3 is 0 Å². The van der Waals surface area contributed by atoms with Gasteiger partial charge in [0.25, 0.3) is 5.91 Å². The summed E-state index contributed by atoms with van der Waals surface area (Å²) in [5.74, 6) is -0.332. The summed E-state index contributed by atoms with van der Waals surface area (Å²) in [6.07, 6.45) is 0.243. The number of nitrogens with one attached hydrogen (secondary N) is 1. The van der Waals surface area contributed by atoms with E-state index in [-0.39, 0.29) is 18.1 Å². The van der Waals surface area contributed by atoms with Crippen LogP contribution in [0, 0.1) is 20.8 Å². The Morgan fingerprint density at radius 2 is 1.71 bits per heavy atom. The van der Waals surface area contributed by atoms with Gasteiger partial charge in [-0.25, -0.2) is 8.42 Å². The minimum atomic E-state index is -3.41. The van der Waals surface area contributed by atoms with Crippen molar-refractivity contribution < 1.29 is 13.2 Å². The molecule has 0 saturated carbocycles.